The van der Waals surface area contributed by atoms with Crippen molar-refractivity contribution in [1.29, 1.82) is 0 Å². The quantitative estimate of drug-likeness (QED) is 0.581. The van der Waals surface area contributed by atoms with Crippen molar-refractivity contribution in [2.45, 2.75) is 20.3 Å². The molecule has 1 aromatic carbocycles. The van der Waals surface area contributed by atoms with E-state index in [0.29, 0.717) is 23.4 Å². The molecule has 7 nitrogen and oxygen atoms in total. The van der Waals surface area contributed by atoms with Crippen molar-refractivity contribution in [2.24, 2.45) is 10.8 Å². The van der Waals surface area contributed by atoms with Crippen LogP contribution >= 0.6 is 0 Å². The third kappa shape index (κ3) is 3.02. The molecule has 0 spiro atoms. The number of hydrogen-bond acceptors (Lipinski definition) is 3. The molecular formula is C14H17N5O2. The van der Waals surface area contributed by atoms with Crippen molar-refractivity contribution in [3.8, 4) is 5.69 Å². The molecule has 1 aromatic heterocycles. The third-order valence-electron chi connectivity index (χ3n) is 3.01. The van der Waals surface area contributed by atoms with Gasteiger partial charge in [-0.15, -0.1) is 0 Å². The zero-order chi connectivity index (χ0) is 15.4. The minimum atomic E-state index is -0.766. The highest BCUT2D eigenvalue weighted by atomic mass is 16.2. The lowest BCUT2D eigenvalue weighted by Crippen LogP contribution is -2.27. The fourth-order valence-electron chi connectivity index (χ4n) is 2.08. The maximum absolute atomic E-state index is 12.5. The van der Waals surface area contributed by atoms with Gasteiger partial charge in [-0.25, -0.2) is 14.9 Å². The van der Waals surface area contributed by atoms with Gasteiger partial charge in [0.2, 0.25) is 0 Å². The van der Waals surface area contributed by atoms with Gasteiger partial charge in [0.1, 0.15) is 0 Å². The summed E-state index contributed by atoms with van der Waals surface area (Å²) in [4.78, 5) is 23.3. The van der Waals surface area contributed by atoms with E-state index in [0.717, 1.165) is 5.69 Å². The zero-order valence-corrected chi connectivity index (χ0v) is 11.9. The number of rotatable bonds is 4. The van der Waals surface area contributed by atoms with Crippen LogP contribution in [0.15, 0.2) is 40.2 Å². The van der Waals surface area contributed by atoms with E-state index in [1.807, 2.05) is 37.3 Å². The summed E-state index contributed by atoms with van der Waals surface area (Å²) in [7, 11) is 0. The second kappa shape index (κ2) is 6.08. The Morgan fingerprint density at radius 1 is 1.38 bits per heavy atom. The number of urea groups is 1. The van der Waals surface area contributed by atoms with Crippen molar-refractivity contribution < 1.29 is 4.79 Å². The van der Waals surface area contributed by atoms with Gasteiger partial charge in [0.15, 0.2) is 0 Å². The predicted molar refractivity (Wildman–Crippen MR) is 80.7 cm³/mol. The standard InChI is InChI=1S/C14H17N5O2/c1-3-11(16-17-14(15)21)12-9(2)18-19(13(12)20)10-7-5-4-6-8-10/h4-8,18H,3H2,1-2H3,(H3,15,17,21)/b16-11+. The molecule has 0 aliphatic rings. The molecule has 0 saturated heterocycles. The molecule has 0 saturated carbocycles. The number of nitrogens with one attached hydrogen (secondary N) is 2. The lowest BCUT2D eigenvalue weighted by Gasteiger charge is -2.01. The number of carbonyl (C=O) groups excluding carboxylic acids is 1. The Kier molecular flexibility index (Phi) is 4.22. The Morgan fingerprint density at radius 3 is 2.62 bits per heavy atom. The summed E-state index contributed by atoms with van der Waals surface area (Å²) in [5.74, 6) is 0. The highest BCUT2D eigenvalue weighted by Crippen LogP contribution is 2.09. The molecule has 1 heterocycles. The Hall–Kier alpha value is -2.83. The van der Waals surface area contributed by atoms with Gasteiger partial charge in [-0.2, -0.15) is 5.10 Å². The van der Waals surface area contributed by atoms with Crippen LogP contribution in [0.25, 0.3) is 5.69 Å². The first-order chi connectivity index (χ1) is 10.0. The van der Waals surface area contributed by atoms with Crippen molar-refractivity contribution in [2.75, 3.05) is 0 Å². The lowest BCUT2D eigenvalue weighted by molar-refractivity contribution is 0.249. The number of amides is 2. The van der Waals surface area contributed by atoms with Crippen LogP contribution in [-0.4, -0.2) is 21.5 Å². The molecule has 2 rings (SSSR count). The number of aryl methyl sites for hydroxylation is 1. The molecule has 2 aromatic rings. The molecule has 0 aliphatic heterocycles. The monoisotopic (exact) mass is 287 g/mol. The minimum absolute atomic E-state index is 0.217. The first-order valence-electron chi connectivity index (χ1n) is 6.54. The Bertz CT molecular complexity index is 728. The van der Waals surface area contributed by atoms with Gasteiger partial charge in [0, 0.05) is 5.69 Å². The van der Waals surface area contributed by atoms with Gasteiger partial charge in [0.25, 0.3) is 5.56 Å². The largest absolute Gasteiger partial charge is 0.350 e. The topological polar surface area (TPSA) is 105 Å². The number of H-pyrrole nitrogens is 1. The van der Waals surface area contributed by atoms with Crippen molar-refractivity contribution in [1.82, 2.24) is 15.2 Å². The average Bonchev–Trinajstić information content (AvgIpc) is 2.77. The number of hydrogen-bond donors (Lipinski definition) is 3. The van der Waals surface area contributed by atoms with Gasteiger partial charge < -0.3 is 5.73 Å². The zero-order valence-electron chi connectivity index (χ0n) is 11.9. The van der Waals surface area contributed by atoms with Crippen LogP contribution in [-0.2, 0) is 0 Å². The molecule has 2 amide bonds. The second-order valence-electron chi connectivity index (χ2n) is 4.48. The SMILES string of the molecule is CC/C(=N\NC(N)=O)c1c(C)[nH]n(-c2ccccc2)c1=O. The van der Waals surface area contributed by atoms with E-state index < -0.39 is 6.03 Å². The van der Waals surface area contributed by atoms with Crippen LogP contribution in [0.3, 0.4) is 0 Å². The predicted octanol–water partition coefficient (Wildman–Crippen LogP) is 1.26. The molecule has 0 unspecified atom stereocenters. The molecule has 7 heteroatoms. The van der Waals surface area contributed by atoms with Crippen LogP contribution in [0, 0.1) is 6.92 Å². The van der Waals surface area contributed by atoms with Gasteiger partial charge in [-0.3, -0.25) is 9.89 Å². The molecule has 0 atom stereocenters. The molecule has 0 radical (unpaired) electrons. The Morgan fingerprint density at radius 2 is 2.05 bits per heavy atom. The number of nitrogens with zero attached hydrogens (tertiary/aromatic N) is 2. The summed E-state index contributed by atoms with van der Waals surface area (Å²) in [6.07, 6.45) is 0.489. The minimum Gasteiger partial charge on any atom is -0.350 e. The molecule has 0 fully saturated rings. The Labute approximate surface area is 121 Å². The Balaban J connectivity index is 2.51. The lowest BCUT2D eigenvalue weighted by atomic mass is 10.1. The smallest absolute Gasteiger partial charge is 0.332 e. The van der Waals surface area contributed by atoms with E-state index in [4.69, 9.17) is 5.73 Å². The number of carbonyl (C=O) groups is 1. The van der Waals surface area contributed by atoms with Crippen LogP contribution in [0.1, 0.15) is 24.6 Å². The molecule has 4 N–H and O–H groups in total. The number of primary amides is 1. The molecular weight excluding hydrogens is 270 g/mol. The fraction of sp³-hybridized carbons (Fsp3) is 0.214. The van der Waals surface area contributed by atoms with Gasteiger partial charge in [0.05, 0.1) is 17.0 Å². The summed E-state index contributed by atoms with van der Waals surface area (Å²) >= 11 is 0. The average molecular weight is 287 g/mol. The number of benzene rings is 1. The van der Waals surface area contributed by atoms with E-state index in [2.05, 4.69) is 15.6 Å². The van der Waals surface area contributed by atoms with E-state index in [9.17, 15) is 9.59 Å². The normalized spacial score (nSPS) is 11.4. The summed E-state index contributed by atoms with van der Waals surface area (Å²) in [5.41, 5.74) is 9.27. The third-order valence-corrected chi connectivity index (χ3v) is 3.01. The van der Waals surface area contributed by atoms with Crippen LogP contribution in [0.5, 0.6) is 0 Å². The number of nitrogens with two attached hydrogens (primary N) is 1. The first kappa shape index (κ1) is 14.6. The van der Waals surface area contributed by atoms with E-state index in [1.165, 1.54) is 4.68 Å². The van der Waals surface area contributed by atoms with Gasteiger partial charge in [-0.1, -0.05) is 25.1 Å². The summed E-state index contributed by atoms with van der Waals surface area (Å²) in [6.45, 7) is 3.63. The van der Waals surface area contributed by atoms with Gasteiger partial charge >= 0.3 is 6.03 Å². The molecule has 0 aliphatic carbocycles. The number of aromatic amines is 1. The highest BCUT2D eigenvalue weighted by Gasteiger charge is 2.16. The number of aromatic nitrogens is 2. The summed E-state index contributed by atoms with van der Waals surface area (Å²) in [5, 5.41) is 6.91. The maximum atomic E-state index is 12.5. The van der Waals surface area contributed by atoms with Crippen molar-refractivity contribution >= 4 is 11.7 Å². The number of hydrazone groups is 1. The van der Waals surface area contributed by atoms with E-state index in [-0.39, 0.29) is 5.56 Å². The van der Waals surface area contributed by atoms with Crippen LogP contribution in [0.4, 0.5) is 4.79 Å². The molecule has 21 heavy (non-hydrogen) atoms. The van der Waals surface area contributed by atoms with Gasteiger partial charge in [-0.05, 0) is 25.5 Å². The second-order valence-corrected chi connectivity index (χ2v) is 4.48. The van der Waals surface area contributed by atoms with Crippen molar-refractivity contribution in [3.63, 3.8) is 0 Å². The van der Waals surface area contributed by atoms with Crippen molar-refractivity contribution in [3.05, 3.63) is 51.9 Å². The fourth-order valence-corrected chi connectivity index (χ4v) is 2.08. The van der Waals surface area contributed by atoms with E-state index >= 15 is 0 Å². The summed E-state index contributed by atoms with van der Waals surface area (Å²) in [6, 6.07) is 8.46. The molecule has 110 valence electrons. The van der Waals surface area contributed by atoms with Crippen LogP contribution < -0.4 is 16.7 Å². The summed E-state index contributed by atoms with van der Waals surface area (Å²) < 4.78 is 1.44. The molecule has 0 bridgehead atoms. The number of para-hydroxylation sites is 1. The van der Waals surface area contributed by atoms with E-state index in [1.54, 1.807) is 6.92 Å². The first-order valence-corrected chi connectivity index (χ1v) is 6.54. The highest BCUT2D eigenvalue weighted by molar-refractivity contribution is 6.01. The maximum Gasteiger partial charge on any atom is 0.332 e. The van der Waals surface area contributed by atoms with Crippen LogP contribution in [0.2, 0.25) is 0 Å².